The molecule has 1 aliphatic heterocycles. The third-order valence-electron chi connectivity index (χ3n) is 6.27. The molecule has 164 valence electrons. The van der Waals surface area contributed by atoms with Crippen LogP contribution in [0.25, 0.3) is 10.8 Å². The van der Waals surface area contributed by atoms with Gasteiger partial charge in [0.1, 0.15) is 0 Å². The Balaban J connectivity index is 1.43. The third-order valence-corrected chi connectivity index (χ3v) is 6.50. The van der Waals surface area contributed by atoms with Gasteiger partial charge in [0.25, 0.3) is 0 Å². The third kappa shape index (κ3) is 4.35. The van der Waals surface area contributed by atoms with Crippen LogP contribution >= 0.6 is 11.6 Å². The number of hydrogen-bond donors (Lipinski definition) is 0. The van der Waals surface area contributed by atoms with Crippen LogP contribution in [0.5, 0.6) is 0 Å². The van der Waals surface area contributed by atoms with Gasteiger partial charge in [0.2, 0.25) is 0 Å². The Labute approximate surface area is 198 Å². The van der Waals surface area contributed by atoms with E-state index < -0.39 is 0 Å². The van der Waals surface area contributed by atoms with E-state index in [1.165, 1.54) is 5.56 Å². The lowest BCUT2D eigenvalue weighted by atomic mass is 10.0. The Morgan fingerprint density at radius 3 is 2.48 bits per heavy atom. The highest BCUT2D eigenvalue weighted by Crippen LogP contribution is 2.32. The van der Waals surface area contributed by atoms with Gasteiger partial charge in [-0.05, 0) is 48.9 Å². The summed E-state index contributed by atoms with van der Waals surface area (Å²) in [5, 5.41) is 21.2. The van der Waals surface area contributed by atoms with Crippen molar-refractivity contribution in [2.75, 3.05) is 29.4 Å². The Bertz CT molecular complexity index is 1310. The molecule has 6 heteroatoms. The minimum Gasteiger partial charge on any atom is -0.365 e. The second kappa shape index (κ2) is 9.09. The second-order valence-electron chi connectivity index (χ2n) is 8.47. The largest absolute Gasteiger partial charge is 0.365 e. The van der Waals surface area contributed by atoms with Crippen molar-refractivity contribution in [3.63, 3.8) is 0 Å². The van der Waals surface area contributed by atoms with Crippen molar-refractivity contribution in [2.24, 2.45) is 0 Å². The first-order valence-corrected chi connectivity index (χ1v) is 11.5. The van der Waals surface area contributed by atoms with Crippen molar-refractivity contribution >= 4 is 33.9 Å². The molecule has 1 atom stereocenters. The predicted octanol–water partition coefficient (Wildman–Crippen LogP) is 5.46. The van der Waals surface area contributed by atoms with Gasteiger partial charge < -0.3 is 9.80 Å². The smallest absolute Gasteiger partial charge is 0.159 e. The van der Waals surface area contributed by atoms with E-state index in [4.69, 9.17) is 16.9 Å². The molecule has 0 radical (unpaired) electrons. The lowest BCUT2D eigenvalue weighted by Crippen LogP contribution is -2.52. The molecule has 1 unspecified atom stereocenters. The van der Waals surface area contributed by atoms with Crippen molar-refractivity contribution in [1.82, 2.24) is 10.2 Å². The summed E-state index contributed by atoms with van der Waals surface area (Å²) in [6, 6.07) is 26.6. The zero-order valence-corrected chi connectivity index (χ0v) is 19.2. The maximum Gasteiger partial charge on any atom is 0.159 e. The Kier molecular flexibility index (Phi) is 5.85. The zero-order chi connectivity index (χ0) is 22.8. The minimum absolute atomic E-state index is 0.284. The number of nitriles is 1. The summed E-state index contributed by atoms with van der Waals surface area (Å²) < 4.78 is 0. The van der Waals surface area contributed by atoms with Gasteiger partial charge in [0, 0.05) is 53.6 Å². The number of hydrogen-bond acceptors (Lipinski definition) is 5. The molecule has 33 heavy (non-hydrogen) atoms. The van der Waals surface area contributed by atoms with Gasteiger partial charge in [0.05, 0.1) is 17.3 Å². The summed E-state index contributed by atoms with van der Waals surface area (Å²) in [6.07, 6.45) is 0.731. The highest BCUT2D eigenvalue weighted by atomic mass is 35.5. The fourth-order valence-corrected chi connectivity index (χ4v) is 4.76. The van der Waals surface area contributed by atoms with E-state index >= 15 is 0 Å². The van der Waals surface area contributed by atoms with Crippen LogP contribution in [0.15, 0.2) is 72.8 Å². The van der Waals surface area contributed by atoms with E-state index in [-0.39, 0.29) is 6.04 Å². The maximum absolute atomic E-state index is 9.07. The molecule has 0 spiro atoms. The quantitative estimate of drug-likeness (QED) is 0.410. The topological polar surface area (TPSA) is 56.1 Å². The van der Waals surface area contributed by atoms with Crippen molar-refractivity contribution in [3.8, 4) is 6.07 Å². The molecular weight excluding hydrogens is 430 g/mol. The highest BCUT2D eigenvalue weighted by molar-refractivity contribution is 6.31. The van der Waals surface area contributed by atoms with Crippen molar-refractivity contribution in [1.29, 1.82) is 5.26 Å². The lowest BCUT2D eigenvalue weighted by molar-refractivity contribution is 0.547. The fraction of sp³-hybridized carbons (Fsp3) is 0.222. The second-order valence-corrected chi connectivity index (χ2v) is 8.91. The Hall–Kier alpha value is -3.62. The molecule has 3 aromatic carbocycles. The average molecular weight is 454 g/mol. The number of rotatable bonds is 4. The average Bonchev–Trinajstić information content (AvgIpc) is 2.85. The molecule has 1 aromatic heterocycles. The number of fused-ring (bicyclic) bond motifs is 1. The van der Waals surface area contributed by atoms with Crippen LogP contribution in [-0.2, 0) is 6.42 Å². The Morgan fingerprint density at radius 2 is 1.76 bits per heavy atom. The van der Waals surface area contributed by atoms with Crippen LogP contribution in [0.2, 0.25) is 5.02 Å². The standard InChI is InChI=1S/C27H24ClN5/c1-19-18-32(13-14-33(19)23-10-7-21(17-29)8-11-23)27-25-16-22(28)9-12-24(25)26(30-31-27)15-20-5-3-2-4-6-20/h2-12,16,19H,13-15,18H2,1H3. The molecule has 0 saturated carbocycles. The molecule has 1 aliphatic rings. The maximum atomic E-state index is 9.07. The molecule has 4 aromatic rings. The number of anilines is 2. The van der Waals surface area contributed by atoms with Gasteiger partial charge in [-0.3, -0.25) is 0 Å². The van der Waals surface area contributed by atoms with Crippen LogP contribution < -0.4 is 9.80 Å². The number of halogens is 1. The van der Waals surface area contributed by atoms with Gasteiger partial charge in [-0.2, -0.15) is 10.4 Å². The molecular formula is C27H24ClN5. The molecule has 0 bridgehead atoms. The molecule has 5 nitrogen and oxygen atoms in total. The fourth-order valence-electron chi connectivity index (χ4n) is 4.58. The first kappa shape index (κ1) is 21.2. The summed E-state index contributed by atoms with van der Waals surface area (Å²) in [7, 11) is 0. The molecule has 2 heterocycles. The summed E-state index contributed by atoms with van der Waals surface area (Å²) in [6.45, 7) is 4.74. The SMILES string of the molecule is CC1CN(c2nnc(Cc3ccccc3)c3ccc(Cl)cc23)CCN1c1ccc(C#N)cc1. The molecule has 1 saturated heterocycles. The summed E-state index contributed by atoms with van der Waals surface area (Å²) in [5.74, 6) is 0.885. The van der Waals surface area contributed by atoms with Crippen LogP contribution in [0.4, 0.5) is 11.5 Å². The zero-order valence-electron chi connectivity index (χ0n) is 18.4. The number of nitrogens with zero attached hydrogens (tertiary/aromatic N) is 5. The van der Waals surface area contributed by atoms with Gasteiger partial charge in [-0.15, -0.1) is 5.10 Å². The summed E-state index contributed by atoms with van der Waals surface area (Å²) in [5.41, 5.74) is 3.99. The number of aromatic nitrogens is 2. The van der Waals surface area contributed by atoms with Gasteiger partial charge >= 0.3 is 0 Å². The molecule has 1 fully saturated rings. The molecule has 5 rings (SSSR count). The highest BCUT2D eigenvalue weighted by Gasteiger charge is 2.26. The predicted molar refractivity (Wildman–Crippen MR) is 134 cm³/mol. The molecule has 0 aliphatic carbocycles. The summed E-state index contributed by atoms with van der Waals surface area (Å²) >= 11 is 6.40. The van der Waals surface area contributed by atoms with Crippen LogP contribution in [0, 0.1) is 11.3 Å². The molecule has 0 N–H and O–H groups in total. The molecule has 0 amide bonds. The number of benzene rings is 3. The van der Waals surface area contributed by atoms with E-state index in [2.05, 4.69) is 51.2 Å². The van der Waals surface area contributed by atoms with Crippen molar-refractivity contribution < 1.29 is 0 Å². The van der Waals surface area contributed by atoms with Gasteiger partial charge in [-0.25, -0.2) is 0 Å². The monoisotopic (exact) mass is 453 g/mol. The minimum atomic E-state index is 0.284. The lowest BCUT2D eigenvalue weighted by Gasteiger charge is -2.42. The Morgan fingerprint density at radius 1 is 0.970 bits per heavy atom. The van der Waals surface area contributed by atoms with E-state index in [0.717, 1.165) is 54.0 Å². The van der Waals surface area contributed by atoms with Gasteiger partial charge in [0.15, 0.2) is 5.82 Å². The first-order chi connectivity index (χ1) is 16.1. The van der Waals surface area contributed by atoms with E-state index in [9.17, 15) is 0 Å². The van der Waals surface area contributed by atoms with E-state index in [1.54, 1.807) is 0 Å². The normalized spacial score (nSPS) is 16.1. The van der Waals surface area contributed by atoms with Crippen molar-refractivity contribution in [2.45, 2.75) is 19.4 Å². The van der Waals surface area contributed by atoms with Crippen LogP contribution in [-0.4, -0.2) is 35.9 Å². The van der Waals surface area contributed by atoms with Gasteiger partial charge in [-0.1, -0.05) is 48.0 Å². The van der Waals surface area contributed by atoms with Crippen molar-refractivity contribution in [3.05, 3.63) is 94.6 Å². The van der Waals surface area contributed by atoms with Crippen LogP contribution in [0.3, 0.4) is 0 Å². The van der Waals surface area contributed by atoms with Crippen LogP contribution in [0.1, 0.15) is 23.7 Å². The number of piperazine rings is 1. The first-order valence-electron chi connectivity index (χ1n) is 11.1. The van der Waals surface area contributed by atoms with E-state index in [1.807, 2.05) is 54.6 Å². The van der Waals surface area contributed by atoms with E-state index in [0.29, 0.717) is 10.6 Å². The summed E-state index contributed by atoms with van der Waals surface area (Å²) in [4.78, 5) is 4.69.